The summed E-state index contributed by atoms with van der Waals surface area (Å²) in [6, 6.07) is 3.29. The fourth-order valence-corrected chi connectivity index (χ4v) is 3.07. The Morgan fingerprint density at radius 1 is 1.18 bits per heavy atom. The smallest absolute Gasteiger partial charge is 0.282 e. The minimum atomic E-state index is -4.30. The van der Waals surface area contributed by atoms with Gasteiger partial charge in [-0.3, -0.25) is 10.2 Å². The van der Waals surface area contributed by atoms with Crippen molar-refractivity contribution in [3.63, 3.8) is 0 Å². The highest BCUT2D eigenvalue weighted by Gasteiger charge is 2.19. The molecular weight excluding hydrogens is 384 g/mol. The average molecular weight is 394 g/mol. The summed E-state index contributed by atoms with van der Waals surface area (Å²) in [6.45, 7) is 0. The van der Waals surface area contributed by atoms with E-state index in [-0.39, 0.29) is 5.69 Å². The monoisotopic (exact) mass is 393 g/mol. The van der Waals surface area contributed by atoms with Crippen LogP contribution in [0.4, 0.5) is 8.78 Å². The van der Waals surface area contributed by atoms with E-state index in [9.17, 15) is 22.0 Å². The van der Waals surface area contributed by atoms with Gasteiger partial charge in [0.1, 0.15) is 17.3 Å². The number of aromatic nitrogens is 1. The van der Waals surface area contributed by atoms with Crippen LogP contribution < -0.4 is 10.3 Å². The normalized spacial score (nSPS) is 11.5. The van der Waals surface area contributed by atoms with Crippen LogP contribution >= 0.6 is 15.9 Å². The highest BCUT2D eigenvalue weighted by molar-refractivity contribution is 9.10. The van der Waals surface area contributed by atoms with Crippen molar-refractivity contribution in [1.29, 1.82) is 0 Å². The number of hydrogen-bond donors (Lipinski definition) is 2. The summed E-state index contributed by atoms with van der Waals surface area (Å²) >= 11 is 3.17. The topological polar surface area (TPSA) is 80.2 Å². The molecule has 118 valence electrons. The molecule has 0 aliphatic rings. The minimum Gasteiger partial charge on any atom is -0.345 e. The highest BCUT2D eigenvalue weighted by Crippen LogP contribution is 2.14. The Morgan fingerprint density at radius 2 is 1.77 bits per heavy atom. The number of amides is 1. The first-order valence-corrected chi connectivity index (χ1v) is 8.07. The Hall–Kier alpha value is -1.78. The molecule has 1 aromatic heterocycles. The van der Waals surface area contributed by atoms with Crippen molar-refractivity contribution in [2.45, 2.75) is 4.90 Å². The number of sulfonamides is 1. The molecule has 2 rings (SSSR count). The molecule has 10 heteroatoms. The Kier molecular flexibility index (Phi) is 4.63. The van der Waals surface area contributed by atoms with Crippen LogP contribution in [0.2, 0.25) is 0 Å². The first-order chi connectivity index (χ1) is 10.2. The summed E-state index contributed by atoms with van der Waals surface area (Å²) in [5.41, 5.74) is 2.15. The van der Waals surface area contributed by atoms with Crippen LogP contribution in [0, 0.1) is 11.6 Å². The van der Waals surface area contributed by atoms with Crippen LogP contribution in [0.1, 0.15) is 10.5 Å². The molecule has 0 saturated heterocycles. The van der Waals surface area contributed by atoms with Gasteiger partial charge in [0.25, 0.3) is 15.9 Å². The number of halogens is 3. The average Bonchev–Trinajstić information content (AvgIpc) is 2.74. The zero-order valence-electron chi connectivity index (χ0n) is 11.1. The Balaban J connectivity index is 2.16. The van der Waals surface area contributed by atoms with Gasteiger partial charge >= 0.3 is 0 Å². The first kappa shape index (κ1) is 16.6. The van der Waals surface area contributed by atoms with Gasteiger partial charge in [-0.05, 0) is 34.1 Å². The molecule has 0 fully saturated rings. The number of aryl methyl sites for hydroxylation is 1. The van der Waals surface area contributed by atoms with Crippen LogP contribution in [0.5, 0.6) is 0 Å². The van der Waals surface area contributed by atoms with E-state index in [2.05, 4.69) is 15.9 Å². The maximum absolute atomic E-state index is 13.0. The zero-order chi connectivity index (χ0) is 16.5. The predicted molar refractivity (Wildman–Crippen MR) is 77.3 cm³/mol. The second-order valence-corrected chi connectivity index (χ2v) is 6.92. The van der Waals surface area contributed by atoms with Gasteiger partial charge < -0.3 is 4.57 Å². The van der Waals surface area contributed by atoms with Gasteiger partial charge in [0.15, 0.2) is 0 Å². The van der Waals surface area contributed by atoms with Crippen molar-refractivity contribution < 1.29 is 22.0 Å². The summed E-state index contributed by atoms with van der Waals surface area (Å²) in [7, 11) is -2.70. The summed E-state index contributed by atoms with van der Waals surface area (Å²) in [4.78, 5) is 13.0. The lowest BCUT2D eigenvalue weighted by Crippen LogP contribution is -2.42. The molecular formula is C12H10BrF2N3O3S. The van der Waals surface area contributed by atoms with Gasteiger partial charge in [-0.15, -0.1) is 4.83 Å². The number of carbonyl (C=O) groups is 1. The third-order valence-corrected chi connectivity index (χ3v) is 4.31. The first-order valence-electron chi connectivity index (χ1n) is 5.79. The Morgan fingerprint density at radius 3 is 2.27 bits per heavy atom. The largest absolute Gasteiger partial charge is 0.345 e. The molecule has 0 atom stereocenters. The van der Waals surface area contributed by atoms with Crippen LogP contribution in [-0.4, -0.2) is 18.9 Å². The van der Waals surface area contributed by atoms with E-state index in [1.807, 2.05) is 5.43 Å². The lowest BCUT2D eigenvalue weighted by Gasteiger charge is -2.09. The van der Waals surface area contributed by atoms with Crippen molar-refractivity contribution in [1.82, 2.24) is 14.8 Å². The van der Waals surface area contributed by atoms with Crippen molar-refractivity contribution in [3.8, 4) is 0 Å². The van der Waals surface area contributed by atoms with E-state index in [0.717, 1.165) is 0 Å². The molecule has 1 aromatic carbocycles. The maximum atomic E-state index is 13.0. The summed E-state index contributed by atoms with van der Waals surface area (Å²) in [5.74, 6) is -2.82. The lowest BCUT2D eigenvalue weighted by molar-refractivity contribution is 0.0937. The molecule has 0 aliphatic heterocycles. The van der Waals surface area contributed by atoms with Gasteiger partial charge in [-0.25, -0.2) is 17.2 Å². The molecule has 1 amide bonds. The molecule has 22 heavy (non-hydrogen) atoms. The molecule has 0 aliphatic carbocycles. The molecule has 0 radical (unpaired) electrons. The van der Waals surface area contributed by atoms with E-state index >= 15 is 0 Å². The van der Waals surface area contributed by atoms with Crippen molar-refractivity contribution in [2.24, 2.45) is 7.05 Å². The molecule has 2 N–H and O–H groups in total. The zero-order valence-corrected chi connectivity index (χ0v) is 13.5. The van der Waals surface area contributed by atoms with Crippen LogP contribution in [0.3, 0.4) is 0 Å². The van der Waals surface area contributed by atoms with Crippen molar-refractivity contribution in [2.75, 3.05) is 0 Å². The SMILES string of the molecule is Cn1cc(Br)cc1C(=O)NNS(=O)(=O)c1cc(F)cc(F)c1. The number of hydrogen-bond acceptors (Lipinski definition) is 3. The fraction of sp³-hybridized carbons (Fsp3) is 0.0833. The van der Waals surface area contributed by atoms with Gasteiger partial charge in [0.2, 0.25) is 0 Å². The molecule has 0 bridgehead atoms. The Bertz CT molecular complexity index is 816. The van der Waals surface area contributed by atoms with Gasteiger partial charge in [-0.2, -0.15) is 0 Å². The number of rotatable bonds is 4. The van der Waals surface area contributed by atoms with E-state index < -0.39 is 32.5 Å². The van der Waals surface area contributed by atoms with Crippen LogP contribution in [-0.2, 0) is 17.1 Å². The van der Waals surface area contributed by atoms with E-state index in [1.165, 1.54) is 10.6 Å². The number of hydrazine groups is 1. The van der Waals surface area contributed by atoms with Crippen molar-refractivity contribution in [3.05, 3.63) is 52.3 Å². The highest BCUT2D eigenvalue weighted by atomic mass is 79.9. The number of benzene rings is 1. The van der Waals surface area contributed by atoms with Gasteiger partial charge in [-0.1, -0.05) is 0 Å². The summed E-state index contributed by atoms with van der Waals surface area (Å²) < 4.78 is 52.0. The van der Waals surface area contributed by atoms with Crippen LogP contribution in [0.25, 0.3) is 0 Å². The number of nitrogens with zero attached hydrogens (tertiary/aromatic N) is 1. The molecule has 6 nitrogen and oxygen atoms in total. The molecule has 0 spiro atoms. The van der Waals surface area contributed by atoms with E-state index in [0.29, 0.717) is 22.7 Å². The second kappa shape index (κ2) is 6.15. The fourth-order valence-electron chi connectivity index (χ4n) is 1.67. The van der Waals surface area contributed by atoms with Gasteiger partial charge in [0, 0.05) is 23.8 Å². The van der Waals surface area contributed by atoms with Crippen molar-refractivity contribution >= 4 is 31.9 Å². The summed E-state index contributed by atoms with van der Waals surface area (Å²) in [6.07, 6.45) is 1.60. The minimum absolute atomic E-state index is 0.181. The summed E-state index contributed by atoms with van der Waals surface area (Å²) in [5, 5.41) is 0. The van der Waals surface area contributed by atoms with Crippen LogP contribution in [0.15, 0.2) is 39.8 Å². The molecule has 1 heterocycles. The quantitative estimate of drug-likeness (QED) is 0.775. The van der Waals surface area contributed by atoms with Gasteiger partial charge in [0.05, 0.1) is 4.90 Å². The molecule has 0 unspecified atom stereocenters. The molecule has 2 aromatic rings. The standard InChI is InChI=1S/C12H10BrF2N3O3S/c1-18-6-7(13)2-11(18)12(19)16-17-22(20,21)10-4-8(14)3-9(15)5-10/h2-6,17H,1H3,(H,16,19). The number of carbonyl (C=O) groups excluding carboxylic acids is 1. The Labute approximate surface area is 133 Å². The predicted octanol–water partition coefficient (Wildman–Crippen LogP) is 1.69. The number of nitrogens with one attached hydrogen (secondary N) is 2. The third kappa shape index (κ3) is 3.70. The second-order valence-electron chi connectivity index (χ2n) is 4.32. The molecule has 0 saturated carbocycles. The van der Waals surface area contributed by atoms with E-state index in [1.54, 1.807) is 18.1 Å². The van der Waals surface area contributed by atoms with E-state index in [4.69, 9.17) is 0 Å². The maximum Gasteiger partial charge on any atom is 0.282 e. The lowest BCUT2D eigenvalue weighted by atomic mass is 10.3. The third-order valence-electron chi connectivity index (χ3n) is 2.65.